The van der Waals surface area contributed by atoms with Gasteiger partial charge in [-0.05, 0) is 38.1 Å². The zero-order valence-corrected chi connectivity index (χ0v) is 14.3. The molecule has 0 aromatic heterocycles. The predicted octanol–water partition coefficient (Wildman–Crippen LogP) is 1.43. The van der Waals surface area contributed by atoms with Crippen LogP contribution in [0.15, 0.2) is 18.2 Å². The van der Waals surface area contributed by atoms with E-state index < -0.39 is 0 Å². The number of benzene rings is 1. The fourth-order valence-corrected chi connectivity index (χ4v) is 2.88. The summed E-state index contributed by atoms with van der Waals surface area (Å²) in [6.45, 7) is 4.15. The molecule has 130 valence electrons. The smallest absolute Gasteiger partial charge is 0.254 e. The van der Waals surface area contributed by atoms with E-state index in [-0.39, 0.29) is 23.8 Å². The molecule has 0 radical (unpaired) electrons. The number of carbonyl (C=O) groups excluding carboxylic acids is 3. The van der Waals surface area contributed by atoms with Crippen LogP contribution in [0.1, 0.15) is 37.0 Å². The highest BCUT2D eigenvalue weighted by atomic mass is 16.2. The van der Waals surface area contributed by atoms with Crippen LogP contribution in [-0.2, 0) is 9.59 Å². The lowest BCUT2D eigenvalue weighted by Crippen LogP contribution is -2.47. The van der Waals surface area contributed by atoms with E-state index in [0.29, 0.717) is 30.0 Å². The van der Waals surface area contributed by atoms with Gasteiger partial charge in [0, 0.05) is 49.9 Å². The molecule has 1 unspecified atom stereocenters. The Balaban J connectivity index is 2.27. The van der Waals surface area contributed by atoms with Crippen molar-refractivity contribution in [2.24, 2.45) is 0 Å². The van der Waals surface area contributed by atoms with Crippen molar-refractivity contribution < 1.29 is 14.4 Å². The molecule has 1 aliphatic rings. The Morgan fingerprint density at radius 1 is 1.04 bits per heavy atom. The normalized spacial score (nSPS) is 17.3. The van der Waals surface area contributed by atoms with Crippen LogP contribution in [0.25, 0.3) is 0 Å². The number of likely N-dealkylation sites (tertiary alicyclic amines) is 1. The largest absolute Gasteiger partial charge is 0.337 e. The summed E-state index contributed by atoms with van der Waals surface area (Å²) in [6, 6.07) is 5.19. The Hall–Kier alpha value is -2.41. The van der Waals surface area contributed by atoms with Crippen LogP contribution in [0.4, 0.5) is 11.4 Å². The second kappa shape index (κ2) is 7.92. The summed E-state index contributed by atoms with van der Waals surface area (Å²) in [5.74, 6) is -0.572. The number of nitrogens with zero attached hydrogens (tertiary/aromatic N) is 1. The molecule has 1 atom stereocenters. The molecule has 3 N–H and O–H groups in total. The number of carbonyl (C=O) groups is 3. The van der Waals surface area contributed by atoms with Crippen LogP contribution in [-0.4, -0.2) is 48.8 Å². The molecule has 2 rings (SSSR count). The third-order valence-corrected chi connectivity index (χ3v) is 3.94. The van der Waals surface area contributed by atoms with Crippen molar-refractivity contribution in [1.29, 1.82) is 0 Å². The van der Waals surface area contributed by atoms with Crippen molar-refractivity contribution in [3.8, 4) is 0 Å². The van der Waals surface area contributed by atoms with Crippen molar-refractivity contribution in [2.75, 3.05) is 30.8 Å². The molecule has 0 bridgehead atoms. The minimum atomic E-state index is -0.235. The lowest BCUT2D eigenvalue weighted by molar-refractivity contribution is -0.115. The molecule has 7 nitrogen and oxygen atoms in total. The fraction of sp³-hybridized carbons (Fsp3) is 0.471. The molecule has 24 heavy (non-hydrogen) atoms. The third-order valence-electron chi connectivity index (χ3n) is 3.94. The highest BCUT2D eigenvalue weighted by Crippen LogP contribution is 2.22. The minimum Gasteiger partial charge on any atom is -0.337 e. The van der Waals surface area contributed by atoms with Gasteiger partial charge in [-0.1, -0.05) is 0 Å². The van der Waals surface area contributed by atoms with Crippen molar-refractivity contribution >= 4 is 29.1 Å². The molecule has 1 heterocycles. The maximum absolute atomic E-state index is 12.8. The van der Waals surface area contributed by atoms with E-state index in [0.717, 1.165) is 12.8 Å². The lowest BCUT2D eigenvalue weighted by atomic mass is 10.0. The number of hydrogen-bond acceptors (Lipinski definition) is 4. The summed E-state index contributed by atoms with van der Waals surface area (Å²) in [6.07, 6.45) is 1.99. The van der Waals surface area contributed by atoms with Gasteiger partial charge in [0.1, 0.15) is 0 Å². The zero-order chi connectivity index (χ0) is 17.7. The molecule has 3 amide bonds. The van der Waals surface area contributed by atoms with Crippen molar-refractivity contribution in [1.82, 2.24) is 10.2 Å². The number of likely N-dealkylation sites (N-methyl/N-ethyl adjacent to an activating group) is 1. The third kappa shape index (κ3) is 4.79. The number of nitrogens with one attached hydrogen (secondary N) is 3. The summed E-state index contributed by atoms with van der Waals surface area (Å²) in [5.41, 5.74) is 1.42. The number of anilines is 2. The molecule has 1 saturated heterocycles. The quantitative estimate of drug-likeness (QED) is 0.778. The van der Waals surface area contributed by atoms with E-state index in [1.165, 1.54) is 13.8 Å². The average Bonchev–Trinajstić information content (AvgIpc) is 2.52. The van der Waals surface area contributed by atoms with E-state index in [9.17, 15) is 14.4 Å². The van der Waals surface area contributed by atoms with E-state index in [2.05, 4.69) is 16.0 Å². The summed E-state index contributed by atoms with van der Waals surface area (Å²) in [5, 5.41) is 8.53. The van der Waals surface area contributed by atoms with E-state index in [1.54, 1.807) is 23.1 Å². The minimum absolute atomic E-state index is 0.103. The molecule has 0 spiro atoms. The van der Waals surface area contributed by atoms with Gasteiger partial charge in [-0.25, -0.2) is 0 Å². The Labute approximate surface area is 141 Å². The predicted molar refractivity (Wildman–Crippen MR) is 93.0 cm³/mol. The molecule has 1 aromatic rings. The lowest BCUT2D eigenvalue weighted by Gasteiger charge is -2.32. The van der Waals surface area contributed by atoms with Crippen LogP contribution in [0.3, 0.4) is 0 Å². The first-order valence-corrected chi connectivity index (χ1v) is 8.06. The molecule has 0 aliphatic carbocycles. The van der Waals surface area contributed by atoms with E-state index >= 15 is 0 Å². The summed E-state index contributed by atoms with van der Waals surface area (Å²) in [4.78, 5) is 37.2. The van der Waals surface area contributed by atoms with Gasteiger partial charge in [0.15, 0.2) is 0 Å². The van der Waals surface area contributed by atoms with Gasteiger partial charge in [0.05, 0.1) is 0 Å². The topological polar surface area (TPSA) is 90.5 Å². The highest BCUT2D eigenvalue weighted by molar-refractivity contribution is 6.00. The van der Waals surface area contributed by atoms with Gasteiger partial charge in [0.25, 0.3) is 5.91 Å². The van der Waals surface area contributed by atoms with E-state index in [4.69, 9.17) is 0 Å². The Kier molecular flexibility index (Phi) is 5.92. The molecule has 1 aromatic carbocycles. The van der Waals surface area contributed by atoms with Crippen LogP contribution in [0.2, 0.25) is 0 Å². The van der Waals surface area contributed by atoms with Crippen molar-refractivity contribution in [3.05, 3.63) is 23.8 Å². The first-order valence-electron chi connectivity index (χ1n) is 8.06. The monoisotopic (exact) mass is 332 g/mol. The first-order chi connectivity index (χ1) is 11.4. The molecular weight excluding hydrogens is 308 g/mol. The highest BCUT2D eigenvalue weighted by Gasteiger charge is 2.24. The molecule has 1 aliphatic heterocycles. The van der Waals surface area contributed by atoms with Gasteiger partial charge in [-0.3, -0.25) is 14.4 Å². The van der Waals surface area contributed by atoms with Gasteiger partial charge >= 0.3 is 0 Å². The number of hydrogen-bond donors (Lipinski definition) is 3. The summed E-state index contributed by atoms with van der Waals surface area (Å²) < 4.78 is 0. The zero-order valence-electron chi connectivity index (χ0n) is 14.3. The molecule has 0 saturated carbocycles. The van der Waals surface area contributed by atoms with Crippen molar-refractivity contribution in [2.45, 2.75) is 32.7 Å². The van der Waals surface area contributed by atoms with Crippen LogP contribution < -0.4 is 16.0 Å². The maximum Gasteiger partial charge on any atom is 0.254 e. The Morgan fingerprint density at radius 3 is 2.12 bits per heavy atom. The number of piperidine rings is 1. The SMILES string of the molecule is CNC1CCCN(C(=O)c2cc(NC(C)=O)cc(NC(C)=O)c2)C1. The van der Waals surface area contributed by atoms with Crippen LogP contribution in [0, 0.1) is 0 Å². The second-order valence-electron chi connectivity index (χ2n) is 6.04. The summed E-state index contributed by atoms with van der Waals surface area (Å²) in [7, 11) is 1.89. The van der Waals surface area contributed by atoms with Gasteiger partial charge in [0.2, 0.25) is 11.8 Å². The Bertz CT molecular complexity index is 610. The number of amides is 3. The van der Waals surface area contributed by atoms with E-state index in [1.807, 2.05) is 7.05 Å². The van der Waals surface area contributed by atoms with Gasteiger partial charge < -0.3 is 20.9 Å². The summed E-state index contributed by atoms with van der Waals surface area (Å²) >= 11 is 0. The molecule has 1 fully saturated rings. The van der Waals surface area contributed by atoms with Crippen molar-refractivity contribution in [3.63, 3.8) is 0 Å². The second-order valence-corrected chi connectivity index (χ2v) is 6.04. The van der Waals surface area contributed by atoms with Crippen LogP contribution in [0.5, 0.6) is 0 Å². The molecule has 7 heteroatoms. The number of rotatable bonds is 4. The maximum atomic E-state index is 12.8. The Morgan fingerprint density at radius 2 is 1.62 bits per heavy atom. The molecular formula is C17H24N4O3. The standard InChI is InChI=1S/C17H24N4O3/c1-11(22)19-15-7-13(8-16(9-15)20-12(2)23)17(24)21-6-4-5-14(10-21)18-3/h7-9,14,18H,4-6,10H2,1-3H3,(H,19,22)(H,20,23). The fourth-order valence-electron chi connectivity index (χ4n) is 2.88. The van der Waals surface area contributed by atoms with Gasteiger partial charge in [-0.15, -0.1) is 0 Å². The average molecular weight is 332 g/mol. The first kappa shape index (κ1) is 17.9. The van der Waals surface area contributed by atoms with Crippen LogP contribution >= 0.6 is 0 Å². The van der Waals surface area contributed by atoms with Gasteiger partial charge in [-0.2, -0.15) is 0 Å².